The number of allylic oxidation sites excluding steroid dienone is 2. The first-order valence-corrected chi connectivity index (χ1v) is 25.8. The summed E-state index contributed by atoms with van der Waals surface area (Å²) < 4.78 is 59.1. The van der Waals surface area contributed by atoms with Crippen LogP contribution in [0.5, 0.6) is 0 Å². The van der Waals surface area contributed by atoms with Crippen molar-refractivity contribution in [1.29, 1.82) is 0 Å². The Hall–Kier alpha value is -1.16. The topological polar surface area (TPSA) is 178 Å². The summed E-state index contributed by atoms with van der Waals surface area (Å²) >= 11 is 0. The molecule has 60 heavy (non-hydrogen) atoms. The Morgan fingerprint density at radius 3 is 1.50 bits per heavy atom. The minimum atomic E-state index is -5.06. The second-order valence-corrected chi connectivity index (χ2v) is 18.1. The van der Waals surface area contributed by atoms with E-state index in [0.29, 0.717) is 13.0 Å². The number of hydrogen-bond donors (Lipinski definition) is 4. The van der Waals surface area contributed by atoms with E-state index in [2.05, 4.69) is 30.2 Å². The lowest BCUT2D eigenvalue weighted by molar-refractivity contribution is -0.301. The summed E-state index contributed by atoms with van der Waals surface area (Å²) in [6, 6.07) is 0. The van der Waals surface area contributed by atoms with E-state index in [1.807, 2.05) is 0 Å². The zero-order valence-corrected chi connectivity index (χ0v) is 38.9. The Bertz CT molecular complexity index is 1110. The van der Waals surface area contributed by atoms with E-state index >= 15 is 0 Å². The van der Waals surface area contributed by atoms with Gasteiger partial charge in [0.15, 0.2) is 6.29 Å². The molecule has 1 aliphatic heterocycles. The summed E-state index contributed by atoms with van der Waals surface area (Å²) in [4.78, 5) is 12.9. The predicted molar refractivity (Wildman–Crippen MR) is 239 cm³/mol. The predicted octanol–water partition coefficient (Wildman–Crippen LogP) is 10.6. The maximum Gasteiger partial charge on any atom is 0.397 e. The first-order valence-electron chi connectivity index (χ1n) is 24.4. The molecule has 6 unspecified atom stereocenters. The highest BCUT2D eigenvalue weighted by molar-refractivity contribution is 7.80. The number of aliphatic hydroxyl groups is 3. The summed E-state index contributed by atoms with van der Waals surface area (Å²) in [7, 11) is -5.06. The van der Waals surface area contributed by atoms with Crippen LogP contribution in [0.4, 0.5) is 0 Å². The first kappa shape index (κ1) is 56.9. The van der Waals surface area contributed by atoms with Gasteiger partial charge in [0.2, 0.25) is 0 Å². The molecule has 0 radical (unpaired) electrons. The standard InChI is InChI=1S/C47H90O12S/c1-3-5-7-9-11-13-15-17-19-21-23-25-27-29-31-33-35-37-55-39-41(40-56-47-45(51)46(59-60(52,53)54)44(50)42(38-48)58-47)57-43(49)36-34-32-30-28-26-24-22-20-18-16-14-12-10-8-6-4-2/h20,22,41-42,44-48,50-51H,3-19,21,23-40H2,1-2H3,(H,52,53,54)/b22-20-. The van der Waals surface area contributed by atoms with Gasteiger partial charge in [-0.2, -0.15) is 8.42 Å². The van der Waals surface area contributed by atoms with Gasteiger partial charge in [-0.1, -0.05) is 187 Å². The van der Waals surface area contributed by atoms with Crippen molar-refractivity contribution in [2.24, 2.45) is 0 Å². The summed E-state index contributed by atoms with van der Waals surface area (Å²) in [6.45, 7) is 4.02. The van der Waals surface area contributed by atoms with Gasteiger partial charge in [0, 0.05) is 13.0 Å². The Morgan fingerprint density at radius 2 is 1.05 bits per heavy atom. The molecular weight excluding hydrogens is 789 g/mol. The minimum Gasteiger partial charge on any atom is -0.457 e. The zero-order chi connectivity index (χ0) is 43.9. The molecule has 0 spiro atoms. The average Bonchev–Trinajstić information content (AvgIpc) is 3.22. The number of aliphatic hydroxyl groups excluding tert-OH is 3. The molecule has 0 bridgehead atoms. The first-order chi connectivity index (χ1) is 29.1. The van der Waals surface area contributed by atoms with Crippen molar-refractivity contribution in [1.82, 2.24) is 0 Å². The molecule has 12 nitrogen and oxygen atoms in total. The molecule has 0 aromatic rings. The van der Waals surface area contributed by atoms with Crippen molar-refractivity contribution in [2.75, 3.05) is 26.4 Å². The van der Waals surface area contributed by atoms with Crippen LogP contribution in [0.3, 0.4) is 0 Å². The van der Waals surface area contributed by atoms with Crippen molar-refractivity contribution >= 4 is 16.4 Å². The van der Waals surface area contributed by atoms with E-state index in [1.54, 1.807) is 0 Å². The van der Waals surface area contributed by atoms with Crippen LogP contribution in [0.15, 0.2) is 12.2 Å². The third-order valence-corrected chi connectivity index (χ3v) is 11.9. The van der Waals surface area contributed by atoms with Gasteiger partial charge in [-0.05, 0) is 38.5 Å². The Kier molecular flexibility index (Phi) is 37.4. The quantitative estimate of drug-likeness (QED) is 0.0197. The number of ether oxygens (including phenoxy) is 4. The van der Waals surface area contributed by atoms with Crippen LogP contribution in [0.2, 0.25) is 0 Å². The molecule has 4 N–H and O–H groups in total. The monoisotopic (exact) mass is 879 g/mol. The van der Waals surface area contributed by atoms with Gasteiger partial charge >= 0.3 is 16.4 Å². The number of rotatable bonds is 43. The SMILES string of the molecule is CCCCCCCCC/C=C\CCCCCCCC(=O)OC(COCCCCCCCCCCCCCCCCCCC)COC1OC(CO)C(O)C(OS(=O)(=O)O)C1O. The highest BCUT2D eigenvalue weighted by atomic mass is 32.3. The number of unbranched alkanes of at least 4 members (excludes halogenated alkanes) is 28. The molecule has 6 atom stereocenters. The Morgan fingerprint density at radius 1 is 0.617 bits per heavy atom. The fourth-order valence-corrected chi connectivity index (χ4v) is 8.18. The molecule has 356 valence electrons. The molecule has 0 saturated carbocycles. The lowest BCUT2D eigenvalue weighted by Gasteiger charge is -2.41. The van der Waals surface area contributed by atoms with Gasteiger partial charge in [0.25, 0.3) is 0 Å². The fraction of sp³-hybridized carbons (Fsp3) is 0.936. The van der Waals surface area contributed by atoms with Crippen molar-refractivity contribution in [3.8, 4) is 0 Å². The summed E-state index contributed by atoms with van der Waals surface area (Å²) in [5, 5.41) is 30.7. The van der Waals surface area contributed by atoms with Crippen molar-refractivity contribution in [3.63, 3.8) is 0 Å². The maximum atomic E-state index is 12.9. The largest absolute Gasteiger partial charge is 0.457 e. The van der Waals surface area contributed by atoms with E-state index < -0.39 is 59.8 Å². The van der Waals surface area contributed by atoms with E-state index in [9.17, 15) is 33.1 Å². The van der Waals surface area contributed by atoms with Crippen molar-refractivity contribution < 1.29 is 56.2 Å². The van der Waals surface area contributed by atoms with Crippen LogP contribution in [-0.4, -0.2) is 97.5 Å². The minimum absolute atomic E-state index is 0.0386. The Labute approximate surface area is 366 Å². The number of hydrogen-bond acceptors (Lipinski definition) is 11. The van der Waals surface area contributed by atoms with Gasteiger partial charge < -0.3 is 34.3 Å². The third-order valence-electron chi connectivity index (χ3n) is 11.4. The maximum absolute atomic E-state index is 12.9. The van der Waals surface area contributed by atoms with Crippen LogP contribution < -0.4 is 0 Å². The zero-order valence-electron chi connectivity index (χ0n) is 38.0. The molecule has 0 amide bonds. The molecule has 0 aromatic carbocycles. The van der Waals surface area contributed by atoms with Crippen molar-refractivity contribution in [3.05, 3.63) is 12.2 Å². The second-order valence-electron chi connectivity index (χ2n) is 17.1. The average molecular weight is 879 g/mol. The van der Waals surface area contributed by atoms with E-state index in [4.69, 9.17) is 18.9 Å². The van der Waals surface area contributed by atoms with E-state index in [1.165, 1.54) is 135 Å². The molecule has 1 saturated heterocycles. The van der Waals surface area contributed by atoms with Gasteiger partial charge in [-0.3, -0.25) is 9.35 Å². The molecule has 1 aliphatic rings. The molecule has 1 rings (SSSR count). The Balaban J connectivity index is 2.39. The number of esters is 1. The normalized spacial score (nSPS) is 20.3. The highest BCUT2D eigenvalue weighted by Gasteiger charge is 2.48. The second kappa shape index (κ2) is 39.4. The van der Waals surface area contributed by atoms with Gasteiger partial charge in [0.1, 0.15) is 30.5 Å². The molecule has 0 aliphatic carbocycles. The highest BCUT2D eigenvalue weighted by Crippen LogP contribution is 2.26. The lowest BCUT2D eigenvalue weighted by atomic mass is 9.99. The molecular formula is C47H90O12S. The summed E-state index contributed by atoms with van der Waals surface area (Å²) in [5.41, 5.74) is 0. The smallest absolute Gasteiger partial charge is 0.397 e. The van der Waals surface area contributed by atoms with Crippen molar-refractivity contribution in [2.45, 2.75) is 256 Å². The fourth-order valence-electron chi connectivity index (χ4n) is 7.67. The van der Waals surface area contributed by atoms with Crippen LogP contribution in [0.25, 0.3) is 0 Å². The van der Waals surface area contributed by atoms with Gasteiger partial charge in [-0.25, -0.2) is 4.18 Å². The van der Waals surface area contributed by atoms with E-state index in [-0.39, 0.29) is 19.6 Å². The van der Waals surface area contributed by atoms with Crippen LogP contribution in [0.1, 0.15) is 219 Å². The summed E-state index contributed by atoms with van der Waals surface area (Å²) in [6.07, 6.45) is 33.8. The number of carbonyl (C=O) groups excluding carboxylic acids is 1. The number of carbonyl (C=O) groups is 1. The van der Waals surface area contributed by atoms with Crippen LogP contribution in [0, 0.1) is 0 Å². The molecule has 1 fully saturated rings. The van der Waals surface area contributed by atoms with Gasteiger partial charge in [-0.15, -0.1) is 0 Å². The van der Waals surface area contributed by atoms with Gasteiger partial charge in [0.05, 0.1) is 19.8 Å². The van der Waals surface area contributed by atoms with Crippen LogP contribution >= 0.6 is 0 Å². The summed E-state index contributed by atoms with van der Waals surface area (Å²) in [5.74, 6) is -0.403. The lowest BCUT2D eigenvalue weighted by Crippen LogP contribution is -2.60. The molecule has 13 heteroatoms. The third kappa shape index (κ3) is 32.5. The molecule has 0 aromatic heterocycles. The van der Waals surface area contributed by atoms with Crippen LogP contribution in [-0.2, 0) is 38.3 Å². The van der Waals surface area contributed by atoms with E-state index in [0.717, 1.165) is 57.8 Å². The molecule has 1 heterocycles.